The summed E-state index contributed by atoms with van der Waals surface area (Å²) in [6.07, 6.45) is 0.197. The topological polar surface area (TPSA) is 76.3 Å². The molecule has 0 radical (unpaired) electrons. The molecular formula is C14H25N5O. The van der Waals surface area contributed by atoms with Gasteiger partial charge in [-0.2, -0.15) is 0 Å². The second kappa shape index (κ2) is 6.85. The van der Waals surface area contributed by atoms with E-state index in [0.717, 1.165) is 44.4 Å². The number of hydrogen-bond acceptors (Lipinski definition) is 6. The largest absolute Gasteiger partial charge is 0.384 e. The SMILES string of the molecule is CCN1CCOC(CNc2cc(N)nc(C(C)C)n2)C1. The molecule has 6 heteroatoms. The number of nitrogens with zero attached hydrogens (tertiary/aromatic N) is 3. The van der Waals surface area contributed by atoms with E-state index in [1.165, 1.54) is 0 Å². The Hall–Kier alpha value is -1.40. The highest BCUT2D eigenvalue weighted by molar-refractivity contribution is 5.45. The number of hydrogen-bond donors (Lipinski definition) is 2. The van der Waals surface area contributed by atoms with Crippen LogP contribution in [0.15, 0.2) is 6.07 Å². The molecule has 0 bridgehead atoms. The predicted molar refractivity (Wildman–Crippen MR) is 80.9 cm³/mol. The third-order valence-electron chi connectivity index (χ3n) is 3.46. The molecule has 1 atom stereocenters. The molecule has 2 heterocycles. The van der Waals surface area contributed by atoms with E-state index in [2.05, 4.69) is 41.0 Å². The van der Waals surface area contributed by atoms with Crippen molar-refractivity contribution < 1.29 is 4.74 Å². The minimum atomic E-state index is 0.197. The molecule has 1 unspecified atom stereocenters. The molecule has 112 valence electrons. The molecule has 0 amide bonds. The lowest BCUT2D eigenvalue weighted by atomic mass is 10.2. The number of nitrogens with one attached hydrogen (secondary N) is 1. The summed E-state index contributed by atoms with van der Waals surface area (Å²) in [5, 5.41) is 3.31. The van der Waals surface area contributed by atoms with Crippen molar-refractivity contribution in [2.75, 3.05) is 43.8 Å². The van der Waals surface area contributed by atoms with Gasteiger partial charge < -0.3 is 15.8 Å². The minimum Gasteiger partial charge on any atom is -0.384 e. The normalized spacial score (nSPS) is 20.3. The van der Waals surface area contributed by atoms with Crippen LogP contribution in [0.4, 0.5) is 11.6 Å². The standard InChI is InChI=1S/C14H25N5O/c1-4-19-5-6-20-11(9-19)8-16-13-7-12(15)17-14(18-13)10(2)3/h7,10-11H,4-6,8-9H2,1-3H3,(H3,15,16,17,18). The van der Waals surface area contributed by atoms with Crippen molar-refractivity contribution in [2.24, 2.45) is 0 Å². The predicted octanol–water partition coefficient (Wildman–Crippen LogP) is 1.31. The Morgan fingerprint density at radius 3 is 3.00 bits per heavy atom. The maximum Gasteiger partial charge on any atom is 0.135 e. The molecule has 0 saturated carbocycles. The molecule has 20 heavy (non-hydrogen) atoms. The minimum absolute atomic E-state index is 0.197. The third-order valence-corrected chi connectivity index (χ3v) is 3.46. The number of morpholine rings is 1. The van der Waals surface area contributed by atoms with Crippen LogP contribution < -0.4 is 11.1 Å². The van der Waals surface area contributed by atoms with E-state index in [4.69, 9.17) is 10.5 Å². The van der Waals surface area contributed by atoms with Crippen LogP contribution in [0.3, 0.4) is 0 Å². The van der Waals surface area contributed by atoms with Gasteiger partial charge in [0.05, 0.1) is 12.7 Å². The maximum absolute atomic E-state index is 5.82. The fourth-order valence-corrected chi connectivity index (χ4v) is 2.24. The van der Waals surface area contributed by atoms with Crippen molar-refractivity contribution in [3.63, 3.8) is 0 Å². The highest BCUT2D eigenvalue weighted by Crippen LogP contribution is 2.15. The Morgan fingerprint density at radius 2 is 2.30 bits per heavy atom. The summed E-state index contributed by atoms with van der Waals surface area (Å²) >= 11 is 0. The lowest BCUT2D eigenvalue weighted by Crippen LogP contribution is -2.45. The van der Waals surface area contributed by atoms with Gasteiger partial charge in [0.2, 0.25) is 0 Å². The Morgan fingerprint density at radius 1 is 1.50 bits per heavy atom. The molecule has 0 aliphatic carbocycles. The zero-order valence-electron chi connectivity index (χ0n) is 12.6. The number of nitrogens with two attached hydrogens (primary N) is 1. The summed E-state index contributed by atoms with van der Waals surface area (Å²) in [6.45, 7) is 10.9. The Bertz CT molecular complexity index is 438. The Kier molecular flexibility index (Phi) is 5.14. The summed E-state index contributed by atoms with van der Waals surface area (Å²) in [6, 6.07) is 1.77. The van der Waals surface area contributed by atoms with Gasteiger partial charge in [-0.25, -0.2) is 9.97 Å². The molecule has 1 aromatic rings. The number of anilines is 2. The molecule has 1 aromatic heterocycles. The van der Waals surface area contributed by atoms with Gasteiger partial charge >= 0.3 is 0 Å². The van der Waals surface area contributed by atoms with Crippen LogP contribution in [0.2, 0.25) is 0 Å². The molecule has 3 N–H and O–H groups in total. The van der Waals surface area contributed by atoms with Crippen LogP contribution in [0.5, 0.6) is 0 Å². The maximum atomic E-state index is 5.82. The van der Waals surface area contributed by atoms with Crippen LogP contribution in [0.25, 0.3) is 0 Å². The molecular weight excluding hydrogens is 254 g/mol. The fourth-order valence-electron chi connectivity index (χ4n) is 2.24. The average molecular weight is 279 g/mol. The molecule has 1 saturated heterocycles. The Labute approximate surface area is 120 Å². The first-order valence-electron chi connectivity index (χ1n) is 7.30. The molecule has 1 aliphatic rings. The van der Waals surface area contributed by atoms with Crippen molar-refractivity contribution in [1.82, 2.24) is 14.9 Å². The van der Waals surface area contributed by atoms with Crippen molar-refractivity contribution >= 4 is 11.6 Å². The van der Waals surface area contributed by atoms with Crippen LogP contribution in [-0.4, -0.2) is 53.8 Å². The quantitative estimate of drug-likeness (QED) is 0.846. The summed E-state index contributed by atoms with van der Waals surface area (Å²) in [7, 11) is 0. The zero-order valence-corrected chi connectivity index (χ0v) is 12.6. The first-order valence-corrected chi connectivity index (χ1v) is 7.30. The molecule has 0 aromatic carbocycles. The highest BCUT2D eigenvalue weighted by atomic mass is 16.5. The number of likely N-dealkylation sites (N-methyl/N-ethyl adjacent to an activating group) is 1. The third kappa shape index (κ3) is 4.05. The second-order valence-corrected chi connectivity index (χ2v) is 5.46. The average Bonchev–Trinajstić information content (AvgIpc) is 2.44. The smallest absolute Gasteiger partial charge is 0.135 e. The Balaban J connectivity index is 1.93. The van der Waals surface area contributed by atoms with Crippen molar-refractivity contribution in [1.29, 1.82) is 0 Å². The van der Waals surface area contributed by atoms with Crippen LogP contribution >= 0.6 is 0 Å². The lowest BCUT2D eigenvalue weighted by molar-refractivity contribution is -0.0192. The molecule has 1 aliphatic heterocycles. The van der Waals surface area contributed by atoms with E-state index in [1.807, 2.05) is 0 Å². The highest BCUT2D eigenvalue weighted by Gasteiger charge is 2.19. The second-order valence-electron chi connectivity index (χ2n) is 5.46. The molecule has 6 nitrogen and oxygen atoms in total. The van der Waals surface area contributed by atoms with Gasteiger partial charge in [-0.05, 0) is 6.54 Å². The van der Waals surface area contributed by atoms with Gasteiger partial charge in [0.25, 0.3) is 0 Å². The first kappa shape index (κ1) is 15.0. The van der Waals surface area contributed by atoms with E-state index < -0.39 is 0 Å². The summed E-state index contributed by atoms with van der Waals surface area (Å²) < 4.78 is 5.76. The van der Waals surface area contributed by atoms with Crippen molar-refractivity contribution in [3.8, 4) is 0 Å². The van der Waals surface area contributed by atoms with E-state index >= 15 is 0 Å². The molecule has 1 fully saturated rings. The number of aromatic nitrogens is 2. The number of ether oxygens (including phenoxy) is 1. The van der Waals surface area contributed by atoms with Crippen LogP contribution in [0, 0.1) is 0 Å². The van der Waals surface area contributed by atoms with Gasteiger partial charge in [0.15, 0.2) is 0 Å². The number of nitrogen functional groups attached to an aromatic ring is 1. The molecule has 0 spiro atoms. The van der Waals surface area contributed by atoms with Gasteiger partial charge in [0, 0.05) is 31.6 Å². The van der Waals surface area contributed by atoms with E-state index in [0.29, 0.717) is 5.82 Å². The zero-order chi connectivity index (χ0) is 14.5. The van der Waals surface area contributed by atoms with Crippen LogP contribution in [0.1, 0.15) is 32.5 Å². The van der Waals surface area contributed by atoms with Crippen molar-refractivity contribution in [3.05, 3.63) is 11.9 Å². The van der Waals surface area contributed by atoms with Crippen LogP contribution in [-0.2, 0) is 4.74 Å². The van der Waals surface area contributed by atoms with Gasteiger partial charge in [-0.15, -0.1) is 0 Å². The van der Waals surface area contributed by atoms with E-state index in [9.17, 15) is 0 Å². The van der Waals surface area contributed by atoms with E-state index in [-0.39, 0.29) is 12.0 Å². The monoisotopic (exact) mass is 279 g/mol. The first-order chi connectivity index (χ1) is 9.58. The lowest BCUT2D eigenvalue weighted by Gasteiger charge is -2.32. The fraction of sp³-hybridized carbons (Fsp3) is 0.714. The van der Waals surface area contributed by atoms with E-state index in [1.54, 1.807) is 6.07 Å². The summed E-state index contributed by atoms with van der Waals surface area (Å²) in [5.74, 6) is 2.32. The molecule has 2 rings (SSSR count). The summed E-state index contributed by atoms with van der Waals surface area (Å²) in [5.41, 5.74) is 5.82. The summed E-state index contributed by atoms with van der Waals surface area (Å²) in [4.78, 5) is 11.1. The van der Waals surface area contributed by atoms with Gasteiger partial charge in [-0.1, -0.05) is 20.8 Å². The van der Waals surface area contributed by atoms with Gasteiger partial charge in [0.1, 0.15) is 17.5 Å². The van der Waals surface area contributed by atoms with Gasteiger partial charge in [-0.3, -0.25) is 4.90 Å². The van der Waals surface area contributed by atoms with Crippen molar-refractivity contribution in [2.45, 2.75) is 32.8 Å². The number of rotatable bonds is 5.